The molecule has 0 aliphatic heterocycles. The van der Waals surface area contributed by atoms with Gasteiger partial charge >= 0.3 is 0 Å². The van der Waals surface area contributed by atoms with Crippen LogP contribution in [0.2, 0.25) is 0 Å². The van der Waals surface area contributed by atoms with Gasteiger partial charge in [-0.15, -0.1) is 0 Å². The van der Waals surface area contributed by atoms with E-state index in [-0.39, 0.29) is 11.9 Å². The highest BCUT2D eigenvalue weighted by Gasteiger charge is 2.16. The highest BCUT2D eigenvalue weighted by Crippen LogP contribution is 2.28. The molecular formula is C14H16BrFN2O. The predicted molar refractivity (Wildman–Crippen MR) is 75.4 cm³/mol. The van der Waals surface area contributed by atoms with Gasteiger partial charge in [0, 0.05) is 18.7 Å². The third kappa shape index (κ3) is 3.22. The molecule has 1 aromatic carbocycles. The number of aromatic nitrogens is 2. The van der Waals surface area contributed by atoms with Gasteiger partial charge in [0.05, 0.1) is 16.3 Å². The Morgan fingerprint density at radius 1 is 1.37 bits per heavy atom. The first-order chi connectivity index (χ1) is 8.99. The Labute approximate surface area is 120 Å². The maximum Gasteiger partial charge on any atom is 0.137 e. The molecule has 0 saturated carbocycles. The highest BCUT2D eigenvalue weighted by molar-refractivity contribution is 9.10. The SMILES string of the molecule is CC(C)n1ccc(CC(O)c2cccc(F)c2Br)n1. The molecule has 0 spiro atoms. The zero-order chi connectivity index (χ0) is 14.0. The summed E-state index contributed by atoms with van der Waals surface area (Å²) in [5, 5.41) is 14.6. The lowest BCUT2D eigenvalue weighted by atomic mass is 10.1. The van der Waals surface area contributed by atoms with E-state index in [0.29, 0.717) is 16.5 Å². The third-order valence-electron chi connectivity index (χ3n) is 2.94. The lowest BCUT2D eigenvalue weighted by Gasteiger charge is -2.12. The van der Waals surface area contributed by atoms with E-state index in [1.807, 2.05) is 30.8 Å². The molecule has 1 aromatic heterocycles. The van der Waals surface area contributed by atoms with Crippen LogP contribution in [0, 0.1) is 5.82 Å². The average molecular weight is 327 g/mol. The second-order valence-electron chi connectivity index (χ2n) is 4.74. The summed E-state index contributed by atoms with van der Waals surface area (Å²) in [6.07, 6.45) is 1.47. The summed E-state index contributed by atoms with van der Waals surface area (Å²) < 4.78 is 15.6. The molecule has 5 heteroatoms. The van der Waals surface area contributed by atoms with Gasteiger partial charge in [-0.25, -0.2) is 4.39 Å². The Morgan fingerprint density at radius 3 is 2.74 bits per heavy atom. The van der Waals surface area contributed by atoms with Gasteiger partial charge in [-0.2, -0.15) is 5.10 Å². The topological polar surface area (TPSA) is 38.0 Å². The Morgan fingerprint density at radius 2 is 2.11 bits per heavy atom. The summed E-state index contributed by atoms with van der Waals surface area (Å²) in [4.78, 5) is 0. The van der Waals surface area contributed by atoms with Gasteiger partial charge in [0.25, 0.3) is 0 Å². The lowest BCUT2D eigenvalue weighted by Crippen LogP contribution is -2.06. The largest absolute Gasteiger partial charge is 0.388 e. The molecule has 0 fully saturated rings. The smallest absolute Gasteiger partial charge is 0.137 e. The molecule has 0 aliphatic rings. The van der Waals surface area contributed by atoms with Crippen molar-refractivity contribution in [3.05, 3.63) is 52.0 Å². The first kappa shape index (κ1) is 14.2. The molecule has 0 radical (unpaired) electrons. The van der Waals surface area contributed by atoms with E-state index in [2.05, 4.69) is 21.0 Å². The van der Waals surface area contributed by atoms with Gasteiger partial charge in [-0.3, -0.25) is 4.68 Å². The van der Waals surface area contributed by atoms with Gasteiger partial charge in [0.2, 0.25) is 0 Å². The molecule has 0 aliphatic carbocycles. The Hall–Kier alpha value is -1.20. The van der Waals surface area contributed by atoms with Crippen molar-refractivity contribution in [1.82, 2.24) is 9.78 Å². The van der Waals surface area contributed by atoms with Crippen molar-refractivity contribution in [3.8, 4) is 0 Å². The summed E-state index contributed by atoms with van der Waals surface area (Å²) in [6, 6.07) is 6.80. The summed E-state index contributed by atoms with van der Waals surface area (Å²) in [6.45, 7) is 4.08. The summed E-state index contributed by atoms with van der Waals surface area (Å²) in [5.41, 5.74) is 1.33. The van der Waals surface area contributed by atoms with Crippen molar-refractivity contribution in [2.45, 2.75) is 32.4 Å². The van der Waals surface area contributed by atoms with Crippen molar-refractivity contribution in [2.24, 2.45) is 0 Å². The number of halogens is 2. The van der Waals surface area contributed by atoms with Crippen molar-refractivity contribution in [2.75, 3.05) is 0 Å². The molecule has 2 aromatic rings. The van der Waals surface area contributed by atoms with Crippen LogP contribution in [-0.2, 0) is 6.42 Å². The number of rotatable bonds is 4. The van der Waals surface area contributed by atoms with E-state index in [1.165, 1.54) is 6.07 Å². The molecule has 1 N–H and O–H groups in total. The van der Waals surface area contributed by atoms with E-state index in [9.17, 15) is 9.50 Å². The molecule has 19 heavy (non-hydrogen) atoms. The zero-order valence-corrected chi connectivity index (χ0v) is 12.4. The van der Waals surface area contributed by atoms with Crippen LogP contribution in [0.4, 0.5) is 4.39 Å². The maximum atomic E-state index is 13.4. The van der Waals surface area contributed by atoms with Crippen LogP contribution in [0.25, 0.3) is 0 Å². The van der Waals surface area contributed by atoms with Crippen LogP contribution in [-0.4, -0.2) is 14.9 Å². The van der Waals surface area contributed by atoms with Crippen molar-refractivity contribution >= 4 is 15.9 Å². The minimum absolute atomic E-state index is 0.284. The second-order valence-corrected chi connectivity index (χ2v) is 5.54. The van der Waals surface area contributed by atoms with Crippen LogP contribution < -0.4 is 0 Å². The number of benzene rings is 1. The number of hydrogen-bond donors (Lipinski definition) is 1. The van der Waals surface area contributed by atoms with Gasteiger partial charge < -0.3 is 5.11 Å². The fourth-order valence-corrected chi connectivity index (χ4v) is 2.39. The van der Waals surface area contributed by atoms with E-state index < -0.39 is 6.10 Å². The lowest BCUT2D eigenvalue weighted by molar-refractivity contribution is 0.175. The summed E-state index contributed by atoms with van der Waals surface area (Å²) in [7, 11) is 0. The first-order valence-electron chi connectivity index (χ1n) is 6.15. The molecule has 1 heterocycles. The van der Waals surface area contributed by atoms with Crippen LogP contribution in [0.5, 0.6) is 0 Å². The third-order valence-corrected chi connectivity index (χ3v) is 3.77. The van der Waals surface area contributed by atoms with Crippen LogP contribution in [0.15, 0.2) is 34.9 Å². The molecule has 0 saturated heterocycles. The summed E-state index contributed by atoms with van der Waals surface area (Å²) in [5.74, 6) is -0.371. The predicted octanol–water partition coefficient (Wildman–Crippen LogP) is 3.64. The van der Waals surface area contributed by atoms with E-state index in [4.69, 9.17) is 0 Å². The fraction of sp³-hybridized carbons (Fsp3) is 0.357. The first-order valence-corrected chi connectivity index (χ1v) is 6.94. The van der Waals surface area contributed by atoms with E-state index in [1.54, 1.807) is 12.1 Å². The zero-order valence-electron chi connectivity index (χ0n) is 10.8. The van der Waals surface area contributed by atoms with Crippen LogP contribution in [0.1, 0.15) is 37.3 Å². The quantitative estimate of drug-likeness (QED) is 0.931. The minimum Gasteiger partial charge on any atom is -0.388 e. The minimum atomic E-state index is -0.777. The van der Waals surface area contributed by atoms with E-state index in [0.717, 1.165) is 5.69 Å². The number of aliphatic hydroxyl groups excluding tert-OH is 1. The Bertz CT molecular complexity index is 568. The molecule has 1 atom stereocenters. The highest BCUT2D eigenvalue weighted by atomic mass is 79.9. The van der Waals surface area contributed by atoms with Gasteiger partial charge in [0.1, 0.15) is 5.82 Å². The van der Waals surface area contributed by atoms with Gasteiger partial charge in [-0.05, 0) is 47.5 Å². The maximum absolute atomic E-state index is 13.4. The monoisotopic (exact) mass is 326 g/mol. The normalized spacial score (nSPS) is 12.9. The Kier molecular flexibility index (Phi) is 4.37. The van der Waals surface area contributed by atoms with Gasteiger partial charge in [-0.1, -0.05) is 12.1 Å². The number of hydrogen-bond acceptors (Lipinski definition) is 2. The second kappa shape index (κ2) is 5.84. The molecule has 102 valence electrons. The molecule has 3 nitrogen and oxygen atoms in total. The molecule has 2 rings (SSSR count). The standard InChI is InChI=1S/C14H16BrFN2O/c1-9(2)18-7-6-10(17-18)8-13(19)11-4-3-5-12(16)14(11)15/h3-7,9,13,19H,8H2,1-2H3. The molecule has 1 unspecified atom stereocenters. The number of nitrogens with zero attached hydrogens (tertiary/aromatic N) is 2. The average Bonchev–Trinajstić information content (AvgIpc) is 2.81. The van der Waals surface area contributed by atoms with E-state index >= 15 is 0 Å². The van der Waals surface area contributed by atoms with Crippen molar-refractivity contribution in [3.63, 3.8) is 0 Å². The van der Waals surface area contributed by atoms with Crippen LogP contribution >= 0.6 is 15.9 Å². The number of aliphatic hydroxyl groups is 1. The summed E-state index contributed by atoms with van der Waals surface area (Å²) >= 11 is 3.16. The Balaban J connectivity index is 2.16. The fourth-order valence-electron chi connectivity index (χ4n) is 1.86. The van der Waals surface area contributed by atoms with Crippen molar-refractivity contribution < 1.29 is 9.50 Å². The van der Waals surface area contributed by atoms with Gasteiger partial charge in [0.15, 0.2) is 0 Å². The van der Waals surface area contributed by atoms with Crippen molar-refractivity contribution in [1.29, 1.82) is 0 Å². The molecule has 0 bridgehead atoms. The van der Waals surface area contributed by atoms with Crippen LogP contribution in [0.3, 0.4) is 0 Å². The molecular weight excluding hydrogens is 311 g/mol. The molecule has 0 amide bonds.